The van der Waals surface area contributed by atoms with Gasteiger partial charge in [0.2, 0.25) is 0 Å². The van der Waals surface area contributed by atoms with Crippen molar-refractivity contribution in [1.29, 1.82) is 0 Å². The quantitative estimate of drug-likeness (QED) is 0.197. The lowest BCUT2D eigenvalue weighted by Gasteiger charge is -2.46. The molecule has 4 nitrogen and oxygen atoms in total. The van der Waals surface area contributed by atoms with Crippen LogP contribution in [0.2, 0.25) is 0 Å². The molecule has 2 aromatic heterocycles. The summed E-state index contributed by atoms with van der Waals surface area (Å²) in [6, 6.07) is 61.0. The van der Waals surface area contributed by atoms with Crippen molar-refractivity contribution in [1.82, 2.24) is 14.5 Å². The maximum Gasteiger partial charge on any atom is 0.123 e. The van der Waals surface area contributed by atoms with Crippen LogP contribution in [0.15, 0.2) is 176 Å². The van der Waals surface area contributed by atoms with Gasteiger partial charge in [0, 0.05) is 32.9 Å². The van der Waals surface area contributed by atoms with Gasteiger partial charge in [-0.1, -0.05) is 115 Å². The van der Waals surface area contributed by atoms with Crippen molar-refractivity contribution in [2.45, 2.75) is 12.2 Å². The highest BCUT2D eigenvalue weighted by Gasteiger charge is 2.24. The topological polar surface area (TPSA) is 36.0 Å². The summed E-state index contributed by atoms with van der Waals surface area (Å²) in [7, 11) is 0. The fraction of sp³-hybridized carbons (Fsp3) is 0.0417. The Kier molecular flexibility index (Phi) is 6.60. The number of para-hydroxylation sites is 3. The molecule has 2 unspecified atom stereocenters. The van der Waals surface area contributed by atoms with Crippen molar-refractivity contribution in [2.24, 2.45) is 0 Å². The van der Waals surface area contributed by atoms with Crippen LogP contribution in [0.3, 0.4) is 0 Å². The van der Waals surface area contributed by atoms with Crippen LogP contribution in [0.4, 0.5) is 10.1 Å². The molecule has 3 heterocycles. The first-order chi connectivity index (χ1) is 26.2. The third-order valence-electron chi connectivity index (χ3n) is 11.0. The number of nitrogens with one attached hydrogen (secondary N) is 1. The predicted octanol–water partition coefficient (Wildman–Crippen LogP) is 12.6. The number of rotatable bonds is 4. The van der Waals surface area contributed by atoms with E-state index in [4.69, 9.17) is 5.32 Å². The minimum Gasteiger partial charge on any atom is -0.665 e. The molecule has 0 spiro atoms. The molecular weight excluding hydrogens is 652 g/mol. The van der Waals surface area contributed by atoms with Crippen molar-refractivity contribution in [3.05, 3.63) is 204 Å². The van der Waals surface area contributed by atoms with Crippen LogP contribution in [0.1, 0.15) is 28.9 Å². The molecule has 53 heavy (non-hydrogen) atoms. The molecule has 0 bridgehead atoms. The standard InChI is InChI=1S/C48H32FN4/c49-33-23-20-31(21-24-33)48-50-46(40-26-22-30-10-1-2-13-36(30)47(40)51-48)32-11-9-12-34(28-32)52-44-19-8-5-16-39(44)41-29-35(25-27-45(41)52)53-42-17-6-3-14-37(42)38-15-4-7-18-43(38)53/h1-29,46,48,50H/q-1. The number of aromatic nitrogens is 2. The van der Waals surface area contributed by atoms with Gasteiger partial charge in [0.15, 0.2) is 0 Å². The first-order valence-corrected chi connectivity index (χ1v) is 18.1. The Morgan fingerprint density at radius 1 is 0.453 bits per heavy atom. The number of fused-ring (bicyclic) bond motifs is 9. The van der Waals surface area contributed by atoms with E-state index in [-0.39, 0.29) is 18.0 Å². The van der Waals surface area contributed by atoms with Crippen LogP contribution in [0.5, 0.6) is 0 Å². The molecule has 0 fully saturated rings. The zero-order valence-electron chi connectivity index (χ0n) is 28.6. The van der Waals surface area contributed by atoms with E-state index in [0.717, 1.165) is 55.6 Å². The van der Waals surface area contributed by atoms with Crippen LogP contribution in [-0.4, -0.2) is 9.13 Å². The summed E-state index contributed by atoms with van der Waals surface area (Å²) in [6.07, 6.45) is -0.338. The van der Waals surface area contributed by atoms with Gasteiger partial charge in [-0.05, 0) is 94.3 Å². The van der Waals surface area contributed by atoms with Crippen molar-refractivity contribution in [2.75, 3.05) is 0 Å². The Morgan fingerprint density at radius 2 is 1.04 bits per heavy atom. The minimum absolute atomic E-state index is 0.142. The van der Waals surface area contributed by atoms with Gasteiger partial charge < -0.3 is 19.8 Å². The number of hydrogen-bond acceptors (Lipinski definition) is 1. The molecule has 10 aromatic rings. The highest BCUT2D eigenvalue weighted by molar-refractivity contribution is 6.12. The molecular formula is C48H32FN4-. The summed E-state index contributed by atoms with van der Waals surface area (Å²) >= 11 is 0. The smallest absolute Gasteiger partial charge is 0.123 e. The highest BCUT2D eigenvalue weighted by atomic mass is 19.1. The summed E-state index contributed by atoms with van der Waals surface area (Å²) in [5.41, 5.74) is 11.1. The van der Waals surface area contributed by atoms with Crippen molar-refractivity contribution in [3.63, 3.8) is 0 Å². The maximum absolute atomic E-state index is 14.0. The molecule has 0 saturated heterocycles. The molecule has 0 aliphatic carbocycles. The molecule has 0 saturated carbocycles. The van der Waals surface area contributed by atoms with E-state index < -0.39 is 0 Å². The van der Waals surface area contributed by atoms with Gasteiger partial charge in [0.05, 0.1) is 28.1 Å². The molecule has 252 valence electrons. The normalized spacial score (nSPS) is 15.7. The molecule has 1 aliphatic heterocycles. The Bertz CT molecular complexity index is 2990. The SMILES string of the molecule is Fc1ccc(C2[N-]c3c(ccc4ccccc34)C(c3cccc(-n4c5ccccc5c5cc(-n6c7ccccc7c7ccccc76)ccc54)c3)N2)cc1. The largest absolute Gasteiger partial charge is 0.665 e. The maximum atomic E-state index is 14.0. The fourth-order valence-corrected chi connectivity index (χ4v) is 8.58. The average molecular weight is 684 g/mol. The van der Waals surface area contributed by atoms with E-state index in [0.29, 0.717) is 0 Å². The van der Waals surface area contributed by atoms with Crippen LogP contribution in [-0.2, 0) is 0 Å². The second-order valence-electron chi connectivity index (χ2n) is 13.9. The Hall–Kier alpha value is -6.69. The van der Waals surface area contributed by atoms with Crippen LogP contribution >= 0.6 is 0 Å². The second kappa shape index (κ2) is 11.7. The van der Waals surface area contributed by atoms with E-state index in [1.54, 1.807) is 0 Å². The second-order valence-corrected chi connectivity index (χ2v) is 13.9. The third kappa shape index (κ3) is 4.64. The summed E-state index contributed by atoms with van der Waals surface area (Å²) in [6.45, 7) is 0. The number of halogens is 1. The van der Waals surface area contributed by atoms with E-state index in [1.807, 2.05) is 12.1 Å². The summed E-state index contributed by atoms with van der Waals surface area (Å²) in [4.78, 5) is 0. The van der Waals surface area contributed by atoms with E-state index >= 15 is 0 Å². The molecule has 8 aromatic carbocycles. The molecule has 5 heteroatoms. The van der Waals surface area contributed by atoms with Gasteiger partial charge in [-0.3, -0.25) is 0 Å². The number of benzene rings is 8. The zero-order valence-corrected chi connectivity index (χ0v) is 28.6. The first-order valence-electron chi connectivity index (χ1n) is 18.1. The molecule has 2 atom stereocenters. The fourth-order valence-electron chi connectivity index (χ4n) is 8.58. The predicted molar refractivity (Wildman–Crippen MR) is 216 cm³/mol. The monoisotopic (exact) mass is 683 g/mol. The van der Waals surface area contributed by atoms with Gasteiger partial charge in [-0.15, -0.1) is 5.69 Å². The highest BCUT2D eigenvalue weighted by Crippen LogP contribution is 2.48. The average Bonchev–Trinajstić information content (AvgIpc) is 3.73. The molecule has 11 rings (SSSR count). The zero-order chi connectivity index (χ0) is 35.0. The summed E-state index contributed by atoms with van der Waals surface area (Å²) in [5.74, 6) is -0.256. The summed E-state index contributed by atoms with van der Waals surface area (Å²) in [5, 5.41) is 16.2. The third-order valence-corrected chi connectivity index (χ3v) is 11.0. The molecule has 1 N–H and O–H groups in total. The minimum atomic E-state index is -0.338. The van der Waals surface area contributed by atoms with Crippen molar-refractivity contribution < 1.29 is 4.39 Å². The number of nitrogens with zero attached hydrogens (tertiary/aromatic N) is 3. The van der Waals surface area contributed by atoms with Crippen LogP contribution in [0, 0.1) is 5.82 Å². The van der Waals surface area contributed by atoms with Gasteiger partial charge in [0.1, 0.15) is 5.82 Å². The Morgan fingerprint density at radius 3 is 1.74 bits per heavy atom. The van der Waals surface area contributed by atoms with Crippen molar-refractivity contribution >= 4 is 60.1 Å². The number of hydrogen-bond donors (Lipinski definition) is 1. The lowest BCUT2D eigenvalue weighted by molar-refractivity contribution is 0.524. The van der Waals surface area contributed by atoms with Gasteiger partial charge >= 0.3 is 0 Å². The Labute approximate surface area is 305 Å². The van der Waals surface area contributed by atoms with E-state index in [2.05, 4.69) is 166 Å². The van der Waals surface area contributed by atoms with E-state index in [1.165, 1.54) is 44.7 Å². The van der Waals surface area contributed by atoms with Crippen LogP contribution < -0.4 is 5.32 Å². The lowest BCUT2D eigenvalue weighted by Crippen LogP contribution is -2.30. The molecule has 0 amide bonds. The van der Waals surface area contributed by atoms with Crippen molar-refractivity contribution in [3.8, 4) is 11.4 Å². The Balaban J connectivity index is 1.08. The van der Waals surface area contributed by atoms with Crippen LogP contribution in [0.25, 0.3) is 71.1 Å². The van der Waals surface area contributed by atoms with Gasteiger partial charge in [-0.2, -0.15) is 0 Å². The van der Waals surface area contributed by atoms with Gasteiger partial charge in [-0.25, -0.2) is 4.39 Å². The van der Waals surface area contributed by atoms with Gasteiger partial charge in [0.25, 0.3) is 0 Å². The molecule has 0 radical (unpaired) electrons. The molecule has 1 aliphatic rings. The summed E-state index contributed by atoms with van der Waals surface area (Å²) < 4.78 is 18.8. The van der Waals surface area contributed by atoms with E-state index in [9.17, 15) is 4.39 Å². The first kappa shape index (κ1) is 30.0. The lowest BCUT2D eigenvalue weighted by atomic mass is 9.90.